The molecule has 0 heterocycles. The molecule has 1 aromatic carbocycles. The van der Waals surface area contributed by atoms with Crippen molar-refractivity contribution in [2.45, 2.75) is 24.7 Å². The number of hydrogen-bond donors (Lipinski definition) is 2. The van der Waals surface area contributed by atoms with Crippen LogP contribution in [-0.4, -0.2) is 30.4 Å². The zero-order valence-electron chi connectivity index (χ0n) is 10.7. The number of methoxy groups -OCH3 is 2. The van der Waals surface area contributed by atoms with Crippen LogP contribution in [0.15, 0.2) is 6.07 Å². The molecule has 0 aliphatic heterocycles. The number of ether oxygens (including phenoxy) is 2. The molecule has 1 fully saturated rings. The summed E-state index contributed by atoms with van der Waals surface area (Å²) >= 11 is 6.25. The normalized spacial score (nSPS) is 15.9. The number of carboxylic acids is 1. The molecule has 104 valence electrons. The number of carbonyl (C=O) groups is 1. The van der Waals surface area contributed by atoms with E-state index in [4.69, 9.17) is 26.2 Å². The van der Waals surface area contributed by atoms with E-state index in [0.717, 1.165) is 0 Å². The van der Waals surface area contributed by atoms with E-state index in [1.54, 1.807) is 0 Å². The summed E-state index contributed by atoms with van der Waals surface area (Å²) in [5.41, 5.74) is -0.152. The summed E-state index contributed by atoms with van der Waals surface area (Å²) in [7, 11) is 2.89. The molecule has 1 aromatic rings. The van der Waals surface area contributed by atoms with Gasteiger partial charge in [-0.2, -0.15) is 0 Å². The van der Waals surface area contributed by atoms with Crippen molar-refractivity contribution in [3.8, 4) is 17.2 Å². The first-order valence-electron chi connectivity index (χ1n) is 5.81. The highest BCUT2D eigenvalue weighted by atomic mass is 35.5. The second-order valence-electron chi connectivity index (χ2n) is 4.67. The minimum Gasteiger partial charge on any atom is -0.507 e. The second kappa shape index (κ2) is 4.81. The number of aliphatic carboxylic acids is 1. The molecular weight excluding hydrogens is 272 g/mol. The molecule has 5 nitrogen and oxygen atoms in total. The predicted molar refractivity (Wildman–Crippen MR) is 69.4 cm³/mol. The highest BCUT2D eigenvalue weighted by Crippen LogP contribution is 2.58. The molecule has 1 aliphatic rings. The van der Waals surface area contributed by atoms with Crippen molar-refractivity contribution in [3.63, 3.8) is 0 Å². The van der Waals surface area contributed by atoms with Gasteiger partial charge in [0.25, 0.3) is 0 Å². The highest BCUT2D eigenvalue weighted by Gasteiger charge is 2.49. The SMILES string of the molecule is COc1cc(O)c(C2(CC(=O)O)CC2)c(Cl)c1OC. The van der Waals surface area contributed by atoms with E-state index in [1.807, 2.05) is 0 Å². The third kappa shape index (κ3) is 2.30. The standard InChI is InChI=1S/C13H15ClO5/c1-18-8-5-7(15)10(11(14)12(8)19-2)13(3-4-13)6-9(16)17/h5,15H,3-4,6H2,1-2H3,(H,16,17). The summed E-state index contributed by atoms with van der Waals surface area (Å²) < 4.78 is 10.3. The van der Waals surface area contributed by atoms with Gasteiger partial charge in [-0.1, -0.05) is 11.6 Å². The molecule has 0 unspecified atom stereocenters. The third-order valence-corrected chi connectivity index (χ3v) is 3.82. The minimum atomic E-state index is -0.914. The third-order valence-electron chi connectivity index (χ3n) is 3.46. The number of carboxylic acid groups (broad SMARTS) is 1. The molecule has 0 aromatic heterocycles. The van der Waals surface area contributed by atoms with Gasteiger partial charge in [-0.25, -0.2) is 0 Å². The summed E-state index contributed by atoms with van der Waals surface area (Å²) in [5.74, 6) is -0.336. The Morgan fingerprint density at radius 1 is 1.42 bits per heavy atom. The summed E-state index contributed by atoms with van der Waals surface area (Å²) in [6.45, 7) is 0. The number of halogens is 1. The van der Waals surface area contributed by atoms with E-state index in [1.165, 1.54) is 20.3 Å². The van der Waals surface area contributed by atoms with Crippen LogP contribution in [0.5, 0.6) is 17.2 Å². The Hall–Kier alpha value is -1.62. The molecule has 0 bridgehead atoms. The Kier molecular flexibility index (Phi) is 3.49. The molecule has 1 aliphatic carbocycles. The number of benzene rings is 1. The van der Waals surface area contributed by atoms with Gasteiger partial charge in [-0.3, -0.25) is 4.79 Å². The molecule has 0 amide bonds. The number of aromatic hydroxyl groups is 1. The van der Waals surface area contributed by atoms with Crippen LogP contribution in [0.3, 0.4) is 0 Å². The lowest BCUT2D eigenvalue weighted by molar-refractivity contribution is -0.137. The van der Waals surface area contributed by atoms with Crippen LogP contribution in [0.25, 0.3) is 0 Å². The van der Waals surface area contributed by atoms with Gasteiger partial charge in [0.1, 0.15) is 5.75 Å². The molecule has 19 heavy (non-hydrogen) atoms. The molecule has 1 saturated carbocycles. The molecule has 2 N–H and O–H groups in total. The fraction of sp³-hybridized carbons (Fsp3) is 0.462. The van der Waals surface area contributed by atoms with Crippen molar-refractivity contribution in [1.29, 1.82) is 0 Å². The molecule has 0 radical (unpaired) electrons. The van der Waals surface area contributed by atoms with Crippen LogP contribution in [0.1, 0.15) is 24.8 Å². The number of rotatable bonds is 5. The van der Waals surface area contributed by atoms with Gasteiger partial charge in [-0.05, 0) is 12.8 Å². The fourth-order valence-electron chi connectivity index (χ4n) is 2.40. The molecule has 0 spiro atoms. The van der Waals surface area contributed by atoms with E-state index in [9.17, 15) is 9.90 Å². The maximum absolute atomic E-state index is 10.9. The van der Waals surface area contributed by atoms with Crippen molar-refractivity contribution in [2.75, 3.05) is 14.2 Å². The van der Waals surface area contributed by atoms with Crippen molar-refractivity contribution < 1.29 is 24.5 Å². The van der Waals surface area contributed by atoms with Crippen molar-refractivity contribution in [3.05, 3.63) is 16.7 Å². The Balaban J connectivity index is 2.55. The lowest BCUT2D eigenvalue weighted by atomic mass is 9.91. The Morgan fingerprint density at radius 2 is 2.05 bits per heavy atom. The number of hydrogen-bond acceptors (Lipinski definition) is 4. The van der Waals surface area contributed by atoms with Gasteiger partial charge >= 0.3 is 5.97 Å². The monoisotopic (exact) mass is 286 g/mol. The quantitative estimate of drug-likeness (QED) is 0.870. The summed E-state index contributed by atoms with van der Waals surface area (Å²) in [4.78, 5) is 10.9. The second-order valence-corrected chi connectivity index (χ2v) is 5.05. The van der Waals surface area contributed by atoms with Crippen LogP contribution in [0, 0.1) is 0 Å². The Bertz CT molecular complexity index is 522. The first-order chi connectivity index (χ1) is 8.95. The molecule has 2 rings (SSSR count). The lowest BCUT2D eigenvalue weighted by Gasteiger charge is -2.20. The zero-order chi connectivity index (χ0) is 14.2. The predicted octanol–water partition coefficient (Wildman–Crippen LogP) is 2.57. The molecule has 0 saturated heterocycles. The maximum atomic E-state index is 10.9. The minimum absolute atomic E-state index is 0.0543. The first kappa shape index (κ1) is 13.8. The fourth-order valence-corrected chi connectivity index (χ4v) is 2.87. The van der Waals surface area contributed by atoms with E-state index < -0.39 is 11.4 Å². The largest absolute Gasteiger partial charge is 0.507 e. The van der Waals surface area contributed by atoms with Crippen molar-refractivity contribution in [1.82, 2.24) is 0 Å². The summed E-state index contributed by atoms with van der Waals surface area (Å²) in [6.07, 6.45) is 1.31. The van der Waals surface area contributed by atoms with E-state index in [-0.39, 0.29) is 17.2 Å². The average molecular weight is 287 g/mol. The average Bonchev–Trinajstić information content (AvgIpc) is 3.07. The Morgan fingerprint density at radius 3 is 2.47 bits per heavy atom. The summed E-state index contributed by atoms with van der Waals surface area (Å²) in [5, 5.41) is 19.3. The summed E-state index contributed by atoms with van der Waals surface area (Å²) in [6, 6.07) is 1.40. The highest BCUT2D eigenvalue weighted by molar-refractivity contribution is 6.33. The zero-order valence-corrected chi connectivity index (χ0v) is 11.5. The number of phenolic OH excluding ortho intramolecular Hbond substituents is 1. The smallest absolute Gasteiger partial charge is 0.304 e. The van der Waals surface area contributed by atoms with E-state index >= 15 is 0 Å². The van der Waals surface area contributed by atoms with Gasteiger partial charge < -0.3 is 19.7 Å². The molecule has 0 atom stereocenters. The van der Waals surface area contributed by atoms with Crippen molar-refractivity contribution in [2.24, 2.45) is 0 Å². The van der Waals surface area contributed by atoms with Crippen molar-refractivity contribution >= 4 is 17.6 Å². The van der Waals surface area contributed by atoms with Gasteiger partial charge in [0.15, 0.2) is 11.5 Å². The lowest BCUT2D eigenvalue weighted by Crippen LogP contribution is -2.14. The number of phenols is 1. The van der Waals surface area contributed by atoms with E-state index in [2.05, 4.69) is 0 Å². The van der Waals surface area contributed by atoms with E-state index in [0.29, 0.717) is 29.9 Å². The van der Waals surface area contributed by atoms with Crippen LogP contribution in [-0.2, 0) is 10.2 Å². The maximum Gasteiger partial charge on any atom is 0.304 e. The Labute approximate surface area is 115 Å². The van der Waals surface area contributed by atoms with Gasteiger partial charge in [0.05, 0.1) is 25.7 Å². The van der Waals surface area contributed by atoms with Crippen LogP contribution in [0.2, 0.25) is 5.02 Å². The molecule has 6 heteroatoms. The van der Waals surface area contributed by atoms with Gasteiger partial charge in [0.2, 0.25) is 0 Å². The van der Waals surface area contributed by atoms with Gasteiger partial charge in [0, 0.05) is 17.0 Å². The van der Waals surface area contributed by atoms with Crippen LogP contribution >= 0.6 is 11.6 Å². The molecular formula is C13H15ClO5. The first-order valence-corrected chi connectivity index (χ1v) is 6.18. The van der Waals surface area contributed by atoms with Crippen LogP contribution in [0.4, 0.5) is 0 Å². The van der Waals surface area contributed by atoms with Crippen LogP contribution < -0.4 is 9.47 Å². The van der Waals surface area contributed by atoms with Gasteiger partial charge in [-0.15, -0.1) is 0 Å². The topological polar surface area (TPSA) is 76.0 Å².